The minimum atomic E-state index is -0.154. The number of benzene rings is 1. The molecule has 0 unspecified atom stereocenters. The van der Waals surface area contributed by atoms with Gasteiger partial charge < -0.3 is 9.84 Å². The number of methoxy groups -OCH3 is 1. The van der Waals surface area contributed by atoms with Crippen molar-refractivity contribution in [2.75, 3.05) is 7.11 Å². The number of ether oxygens (including phenoxy) is 1. The minimum Gasteiger partial charge on any atom is -0.496 e. The maximum atomic E-state index is 8.91. The van der Waals surface area contributed by atoms with E-state index in [1.807, 2.05) is 0 Å². The van der Waals surface area contributed by atoms with Gasteiger partial charge in [-0.25, -0.2) is 0 Å². The summed E-state index contributed by atoms with van der Waals surface area (Å²) in [6.45, 7) is -0.154. The first kappa shape index (κ1) is 9.65. The molecule has 0 aliphatic heterocycles. The molecule has 0 saturated carbocycles. The SMILES string of the molecule is COc1cc(Cl)cc(Cl)c1CO. The molecule has 4 heteroatoms. The van der Waals surface area contributed by atoms with E-state index in [-0.39, 0.29) is 6.61 Å². The quantitative estimate of drug-likeness (QED) is 0.807. The summed E-state index contributed by atoms with van der Waals surface area (Å²) in [5.41, 5.74) is 0.559. The molecule has 0 aliphatic carbocycles. The number of hydrogen-bond acceptors (Lipinski definition) is 2. The molecular formula is C8H8Cl2O2. The van der Waals surface area contributed by atoms with Crippen LogP contribution in [0.2, 0.25) is 10.0 Å². The van der Waals surface area contributed by atoms with Crippen LogP contribution in [0.15, 0.2) is 12.1 Å². The Balaban J connectivity index is 3.24. The fourth-order valence-electron chi connectivity index (χ4n) is 0.915. The van der Waals surface area contributed by atoms with Gasteiger partial charge >= 0.3 is 0 Å². The molecule has 0 spiro atoms. The predicted octanol–water partition coefficient (Wildman–Crippen LogP) is 2.49. The van der Waals surface area contributed by atoms with Crippen LogP contribution in [0.1, 0.15) is 5.56 Å². The summed E-state index contributed by atoms with van der Waals surface area (Å²) in [5.74, 6) is 0.509. The van der Waals surface area contributed by atoms with Gasteiger partial charge in [-0.2, -0.15) is 0 Å². The van der Waals surface area contributed by atoms with Gasteiger partial charge in [0.2, 0.25) is 0 Å². The van der Waals surface area contributed by atoms with E-state index >= 15 is 0 Å². The lowest BCUT2D eigenvalue weighted by Gasteiger charge is -2.07. The first-order valence-corrected chi connectivity index (χ1v) is 4.07. The van der Waals surface area contributed by atoms with Crippen molar-refractivity contribution in [1.29, 1.82) is 0 Å². The van der Waals surface area contributed by atoms with Gasteiger partial charge in [0.05, 0.1) is 18.7 Å². The van der Waals surface area contributed by atoms with E-state index in [1.165, 1.54) is 7.11 Å². The summed E-state index contributed by atoms with van der Waals surface area (Å²) >= 11 is 11.5. The van der Waals surface area contributed by atoms with Crippen molar-refractivity contribution in [2.45, 2.75) is 6.61 Å². The highest BCUT2D eigenvalue weighted by Gasteiger charge is 2.07. The van der Waals surface area contributed by atoms with Gasteiger partial charge in [-0.15, -0.1) is 0 Å². The fraction of sp³-hybridized carbons (Fsp3) is 0.250. The van der Waals surface area contributed by atoms with Crippen LogP contribution in [-0.4, -0.2) is 12.2 Å². The molecule has 0 aliphatic rings. The normalized spacial score (nSPS) is 10.0. The van der Waals surface area contributed by atoms with Crippen LogP contribution in [0.25, 0.3) is 0 Å². The topological polar surface area (TPSA) is 29.5 Å². The number of aliphatic hydroxyl groups excluding tert-OH is 1. The van der Waals surface area contributed by atoms with Crippen LogP contribution in [0.3, 0.4) is 0 Å². The zero-order chi connectivity index (χ0) is 9.14. The molecule has 0 fully saturated rings. The van der Waals surface area contributed by atoms with Crippen molar-refractivity contribution in [2.24, 2.45) is 0 Å². The third-order valence-corrected chi connectivity index (χ3v) is 2.05. The van der Waals surface area contributed by atoms with Gasteiger partial charge in [0.1, 0.15) is 5.75 Å². The standard InChI is InChI=1S/C8H8Cl2O2/c1-12-8-3-5(9)2-7(10)6(8)4-11/h2-3,11H,4H2,1H3. The lowest BCUT2D eigenvalue weighted by molar-refractivity contribution is 0.274. The Morgan fingerprint density at radius 3 is 2.58 bits per heavy atom. The van der Waals surface area contributed by atoms with Crippen molar-refractivity contribution < 1.29 is 9.84 Å². The van der Waals surface area contributed by atoms with Crippen LogP contribution in [0, 0.1) is 0 Å². The van der Waals surface area contributed by atoms with Crippen molar-refractivity contribution in [1.82, 2.24) is 0 Å². The van der Waals surface area contributed by atoms with Crippen LogP contribution in [0.5, 0.6) is 5.75 Å². The molecule has 0 saturated heterocycles. The van der Waals surface area contributed by atoms with Gasteiger partial charge in [0.15, 0.2) is 0 Å². The summed E-state index contributed by atoms with van der Waals surface area (Å²) in [7, 11) is 1.50. The molecule has 0 heterocycles. The maximum Gasteiger partial charge on any atom is 0.127 e. The number of halogens is 2. The van der Waals surface area contributed by atoms with Crippen LogP contribution in [0.4, 0.5) is 0 Å². The van der Waals surface area contributed by atoms with Gasteiger partial charge in [0.25, 0.3) is 0 Å². The van der Waals surface area contributed by atoms with Gasteiger partial charge in [-0.3, -0.25) is 0 Å². The summed E-state index contributed by atoms with van der Waals surface area (Å²) in [4.78, 5) is 0. The first-order valence-electron chi connectivity index (χ1n) is 3.31. The third kappa shape index (κ3) is 1.83. The van der Waals surface area contributed by atoms with E-state index in [0.717, 1.165) is 0 Å². The molecule has 66 valence electrons. The molecule has 0 bridgehead atoms. The van der Waals surface area contributed by atoms with E-state index in [9.17, 15) is 0 Å². The minimum absolute atomic E-state index is 0.154. The average Bonchev–Trinajstić information content (AvgIpc) is 2.03. The molecule has 0 amide bonds. The Kier molecular flexibility index (Phi) is 3.20. The van der Waals surface area contributed by atoms with E-state index in [0.29, 0.717) is 21.4 Å². The molecule has 2 nitrogen and oxygen atoms in total. The second-order valence-corrected chi connectivity index (χ2v) is 3.07. The van der Waals surface area contributed by atoms with E-state index < -0.39 is 0 Å². The number of aliphatic hydroxyl groups is 1. The second kappa shape index (κ2) is 3.99. The molecule has 1 aromatic carbocycles. The van der Waals surface area contributed by atoms with Gasteiger partial charge in [-0.05, 0) is 12.1 Å². The second-order valence-electron chi connectivity index (χ2n) is 2.23. The smallest absolute Gasteiger partial charge is 0.127 e. The average molecular weight is 207 g/mol. The number of hydrogen-bond donors (Lipinski definition) is 1. The summed E-state index contributed by atoms with van der Waals surface area (Å²) in [5, 5.41) is 9.83. The molecule has 0 aromatic heterocycles. The highest BCUT2D eigenvalue weighted by Crippen LogP contribution is 2.30. The Hall–Kier alpha value is -0.440. The third-order valence-electron chi connectivity index (χ3n) is 1.50. The first-order chi connectivity index (χ1) is 5.69. The van der Waals surface area contributed by atoms with Crippen molar-refractivity contribution >= 4 is 23.2 Å². The highest BCUT2D eigenvalue weighted by atomic mass is 35.5. The molecule has 0 atom stereocenters. The van der Waals surface area contributed by atoms with E-state index in [2.05, 4.69) is 0 Å². The van der Waals surface area contributed by atoms with Crippen LogP contribution < -0.4 is 4.74 Å². The molecule has 0 radical (unpaired) electrons. The van der Waals surface area contributed by atoms with Crippen molar-refractivity contribution in [3.8, 4) is 5.75 Å². The molecular weight excluding hydrogens is 199 g/mol. The Bertz CT molecular complexity index is 287. The molecule has 1 rings (SSSR count). The number of rotatable bonds is 2. The van der Waals surface area contributed by atoms with Crippen LogP contribution >= 0.6 is 23.2 Å². The monoisotopic (exact) mass is 206 g/mol. The summed E-state index contributed by atoms with van der Waals surface area (Å²) in [6, 6.07) is 3.18. The molecule has 1 N–H and O–H groups in total. The maximum absolute atomic E-state index is 8.91. The van der Waals surface area contributed by atoms with E-state index in [4.69, 9.17) is 33.0 Å². The lowest BCUT2D eigenvalue weighted by atomic mass is 10.2. The summed E-state index contributed by atoms with van der Waals surface area (Å²) < 4.78 is 4.97. The Morgan fingerprint density at radius 1 is 1.42 bits per heavy atom. The Labute approximate surface area is 80.7 Å². The van der Waals surface area contributed by atoms with Gasteiger partial charge in [-0.1, -0.05) is 23.2 Å². The summed E-state index contributed by atoms with van der Waals surface area (Å²) in [6.07, 6.45) is 0. The lowest BCUT2D eigenvalue weighted by Crippen LogP contribution is -1.92. The zero-order valence-corrected chi connectivity index (χ0v) is 7.99. The predicted molar refractivity (Wildman–Crippen MR) is 48.9 cm³/mol. The molecule has 1 aromatic rings. The van der Waals surface area contributed by atoms with Gasteiger partial charge in [0, 0.05) is 10.6 Å². The zero-order valence-electron chi connectivity index (χ0n) is 6.47. The van der Waals surface area contributed by atoms with Crippen molar-refractivity contribution in [3.05, 3.63) is 27.7 Å². The van der Waals surface area contributed by atoms with Crippen LogP contribution in [-0.2, 0) is 6.61 Å². The highest BCUT2D eigenvalue weighted by molar-refractivity contribution is 6.35. The Morgan fingerprint density at radius 2 is 2.08 bits per heavy atom. The fourth-order valence-corrected chi connectivity index (χ4v) is 1.45. The largest absolute Gasteiger partial charge is 0.496 e. The molecule has 12 heavy (non-hydrogen) atoms. The van der Waals surface area contributed by atoms with Crippen molar-refractivity contribution in [3.63, 3.8) is 0 Å². The van der Waals surface area contributed by atoms with E-state index in [1.54, 1.807) is 12.1 Å².